The molecule has 0 unspecified atom stereocenters. The van der Waals surface area contributed by atoms with E-state index in [0.717, 1.165) is 6.07 Å². The van der Waals surface area contributed by atoms with Crippen LogP contribution in [0.1, 0.15) is 27.0 Å². The van der Waals surface area contributed by atoms with Crippen molar-refractivity contribution >= 4 is 5.97 Å². The van der Waals surface area contributed by atoms with E-state index in [2.05, 4.69) is 0 Å². The minimum atomic E-state index is -1.53. The molecule has 0 atom stereocenters. The zero-order valence-electron chi connectivity index (χ0n) is 13.2. The SMILES string of the molecule is O=C1OC(c2ccc(O)cc2)(c2ccc(O)cc2)c2ccc(F)c(F)c21. The predicted molar refractivity (Wildman–Crippen MR) is 87.9 cm³/mol. The summed E-state index contributed by atoms with van der Waals surface area (Å²) in [5.41, 5.74) is -0.954. The van der Waals surface area contributed by atoms with Crippen LogP contribution < -0.4 is 0 Å². The number of aromatic hydroxyl groups is 2. The van der Waals surface area contributed by atoms with Crippen molar-refractivity contribution in [3.8, 4) is 11.5 Å². The summed E-state index contributed by atoms with van der Waals surface area (Å²) < 4.78 is 33.6. The van der Waals surface area contributed by atoms with Crippen molar-refractivity contribution < 1.29 is 28.5 Å². The van der Waals surface area contributed by atoms with Crippen molar-refractivity contribution in [2.75, 3.05) is 0 Å². The summed E-state index contributed by atoms with van der Waals surface area (Å²) in [7, 11) is 0. The molecule has 1 aliphatic heterocycles. The predicted octanol–water partition coefficient (Wildman–Crippen LogP) is 3.84. The van der Waals surface area contributed by atoms with Gasteiger partial charge in [0.25, 0.3) is 0 Å². The number of hydrogen-bond acceptors (Lipinski definition) is 4. The lowest BCUT2D eigenvalue weighted by Gasteiger charge is -2.30. The van der Waals surface area contributed by atoms with E-state index in [4.69, 9.17) is 4.74 Å². The van der Waals surface area contributed by atoms with Crippen molar-refractivity contribution in [1.29, 1.82) is 0 Å². The third kappa shape index (κ3) is 2.15. The van der Waals surface area contributed by atoms with Crippen molar-refractivity contribution in [2.24, 2.45) is 0 Å². The fourth-order valence-corrected chi connectivity index (χ4v) is 3.28. The fraction of sp³-hybridized carbons (Fsp3) is 0.0500. The number of carbonyl (C=O) groups is 1. The first-order valence-corrected chi connectivity index (χ1v) is 7.74. The number of cyclic esters (lactones) is 1. The maximum atomic E-state index is 14.3. The Hall–Kier alpha value is -3.41. The number of rotatable bonds is 2. The Morgan fingerprint density at radius 1 is 0.769 bits per heavy atom. The highest BCUT2D eigenvalue weighted by Gasteiger charge is 2.50. The molecule has 4 nitrogen and oxygen atoms in total. The number of halogens is 2. The van der Waals surface area contributed by atoms with Crippen LogP contribution in [0.4, 0.5) is 8.78 Å². The number of phenolic OH excluding ortho intramolecular Hbond substituents is 2. The van der Waals surface area contributed by atoms with Gasteiger partial charge in [-0.15, -0.1) is 0 Å². The topological polar surface area (TPSA) is 66.8 Å². The summed E-state index contributed by atoms with van der Waals surface area (Å²) in [4.78, 5) is 12.4. The van der Waals surface area contributed by atoms with Crippen LogP contribution >= 0.6 is 0 Å². The van der Waals surface area contributed by atoms with Crippen molar-refractivity contribution in [2.45, 2.75) is 5.60 Å². The Balaban J connectivity index is 2.07. The van der Waals surface area contributed by atoms with Gasteiger partial charge in [-0.1, -0.05) is 30.3 Å². The summed E-state index contributed by atoms with van der Waals surface area (Å²) in [5, 5.41) is 19.1. The third-order valence-electron chi connectivity index (χ3n) is 4.47. The molecular formula is C20H12F2O4. The average molecular weight is 354 g/mol. The lowest BCUT2D eigenvalue weighted by atomic mass is 9.80. The molecule has 0 fully saturated rings. The summed E-state index contributed by atoms with van der Waals surface area (Å²) >= 11 is 0. The van der Waals surface area contributed by atoms with E-state index < -0.39 is 28.8 Å². The zero-order chi connectivity index (χ0) is 18.5. The summed E-state index contributed by atoms with van der Waals surface area (Å²) in [6, 6.07) is 14.0. The second-order valence-corrected chi connectivity index (χ2v) is 5.95. The van der Waals surface area contributed by atoms with Gasteiger partial charge in [0.1, 0.15) is 17.1 Å². The highest BCUT2D eigenvalue weighted by molar-refractivity contribution is 5.96. The number of hydrogen-bond donors (Lipinski definition) is 2. The van der Waals surface area contributed by atoms with Crippen LogP contribution in [0, 0.1) is 11.6 Å². The van der Waals surface area contributed by atoms with Crippen molar-refractivity contribution in [1.82, 2.24) is 0 Å². The van der Waals surface area contributed by atoms with Crippen LogP contribution in [0.2, 0.25) is 0 Å². The Morgan fingerprint density at radius 2 is 1.27 bits per heavy atom. The van der Waals surface area contributed by atoms with E-state index in [0.29, 0.717) is 11.1 Å². The Morgan fingerprint density at radius 3 is 1.77 bits per heavy atom. The van der Waals surface area contributed by atoms with Gasteiger partial charge in [0, 0.05) is 16.7 Å². The second kappa shape index (κ2) is 5.56. The first-order chi connectivity index (χ1) is 12.4. The minimum Gasteiger partial charge on any atom is -0.508 e. The molecule has 1 heterocycles. The smallest absolute Gasteiger partial charge is 0.343 e. The molecule has 1 aliphatic rings. The number of esters is 1. The number of phenols is 2. The van der Waals surface area contributed by atoms with E-state index in [9.17, 15) is 23.8 Å². The lowest BCUT2D eigenvalue weighted by molar-refractivity contribution is 0.0249. The molecule has 0 spiro atoms. The molecule has 2 N–H and O–H groups in total. The Kier molecular flexibility index (Phi) is 3.44. The molecule has 3 aromatic carbocycles. The van der Waals surface area contributed by atoms with Crippen molar-refractivity contribution in [3.63, 3.8) is 0 Å². The van der Waals surface area contributed by atoms with Crippen LogP contribution in [-0.2, 0) is 10.3 Å². The first-order valence-electron chi connectivity index (χ1n) is 7.74. The van der Waals surface area contributed by atoms with Crippen LogP contribution in [0.5, 0.6) is 11.5 Å². The van der Waals surface area contributed by atoms with Gasteiger partial charge in [0.15, 0.2) is 17.2 Å². The van der Waals surface area contributed by atoms with Gasteiger partial charge >= 0.3 is 5.97 Å². The molecule has 130 valence electrons. The maximum Gasteiger partial charge on any atom is 0.343 e. The molecule has 0 bridgehead atoms. The number of fused-ring (bicyclic) bond motifs is 1. The van der Waals surface area contributed by atoms with Gasteiger partial charge in [-0.3, -0.25) is 0 Å². The minimum absolute atomic E-state index is 0.00411. The van der Waals surface area contributed by atoms with E-state index in [1.54, 1.807) is 0 Å². The first kappa shape index (κ1) is 16.1. The van der Waals surface area contributed by atoms with Gasteiger partial charge in [0.05, 0.1) is 0 Å². The van der Waals surface area contributed by atoms with Crippen molar-refractivity contribution in [3.05, 3.63) is 94.6 Å². The number of benzene rings is 3. The lowest BCUT2D eigenvalue weighted by Crippen LogP contribution is -2.29. The molecule has 26 heavy (non-hydrogen) atoms. The normalized spacial score (nSPS) is 14.8. The van der Waals surface area contributed by atoms with Crippen LogP contribution in [0.3, 0.4) is 0 Å². The fourth-order valence-electron chi connectivity index (χ4n) is 3.28. The monoisotopic (exact) mass is 354 g/mol. The van der Waals surface area contributed by atoms with Gasteiger partial charge in [-0.25, -0.2) is 13.6 Å². The van der Waals surface area contributed by atoms with E-state index in [-0.39, 0.29) is 17.1 Å². The maximum absolute atomic E-state index is 14.3. The molecule has 0 saturated heterocycles. The highest BCUT2D eigenvalue weighted by Crippen LogP contribution is 2.48. The quantitative estimate of drug-likeness (QED) is 0.686. The largest absolute Gasteiger partial charge is 0.508 e. The molecule has 0 aromatic heterocycles. The van der Waals surface area contributed by atoms with Gasteiger partial charge in [-0.2, -0.15) is 0 Å². The molecule has 0 aliphatic carbocycles. The highest BCUT2D eigenvalue weighted by atomic mass is 19.2. The summed E-state index contributed by atoms with van der Waals surface area (Å²) in [6.45, 7) is 0. The van der Waals surface area contributed by atoms with E-state index in [1.807, 2.05) is 0 Å². The number of ether oxygens (including phenoxy) is 1. The summed E-state index contributed by atoms with van der Waals surface area (Å²) in [5.74, 6) is -3.40. The van der Waals surface area contributed by atoms with E-state index in [1.165, 1.54) is 54.6 Å². The average Bonchev–Trinajstić information content (AvgIpc) is 2.93. The standard InChI is InChI=1S/C20H12F2O4/c21-16-10-9-15-17(18(16)22)19(25)26-20(15,11-1-5-13(23)6-2-11)12-3-7-14(24)8-4-12/h1-10,23-24H. The molecule has 3 aromatic rings. The van der Waals surface area contributed by atoms with Gasteiger partial charge in [-0.05, 0) is 30.3 Å². The Bertz CT molecular complexity index is 966. The third-order valence-corrected chi connectivity index (χ3v) is 4.47. The van der Waals surface area contributed by atoms with Crippen LogP contribution in [0.15, 0.2) is 60.7 Å². The summed E-state index contributed by atoms with van der Waals surface area (Å²) in [6.07, 6.45) is 0. The second-order valence-electron chi connectivity index (χ2n) is 5.95. The zero-order valence-corrected chi connectivity index (χ0v) is 13.2. The van der Waals surface area contributed by atoms with E-state index >= 15 is 0 Å². The number of carbonyl (C=O) groups excluding carboxylic acids is 1. The van der Waals surface area contributed by atoms with Gasteiger partial charge in [0.2, 0.25) is 0 Å². The molecule has 6 heteroatoms. The molecule has 0 radical (unpaired) electrons. The van der Waals surface area contributed by atoms with Crippen LogP contribution in [0.25, 0.3) is 0 Å². The molecular weight excluding hydrogens is 342 g/mol. The molecule has 0 amide bonds. The van der Waals surface area contributed by atoms with Gasteiger partial charge < -0.3 is 14.9 Å². The molecule has 4 rings (SSSR count). The Labute approximate surface area is 146 Å². The van der Waals surface area contributed by atoms with Crippen LogP contribution in [-0.4, -0.2) is 16.2 Å². The molecule has 0 saturated carbocycles.